The molecule has 2 rings (SSSR count). The minimum Gasteiger partial charge on any atom is -0.493 e. The molecule has 0 radical (unpaired) electrons. The predicted molar refractivity (Wildman–Crippen MR) is 109 cm³/mol. The van der Waals surface area contributed by atoms with E-state index in [1.54, 1.807) is 34.7 Å². The Kier molecular flexibility index (Phi) is 8.38. The summed E-state index contributed by atoms with van der Waals surface area (Å²) >= 11 is 0. The number of guanidine groups is 1. The van der Waals surface area contributed by atoms with Gasteiger partial charge in [-0.25, -0.2) is 0 Å². The van der Waals surface area contributed by atoms with Crippen molar-refractivity contribution in [2.24, 2.45) is 4.99 Å². The largest absolute Gasteiger partial charge is 0.493 e. The number of aromatic nitrogens is 3. The SMILES string of the molecule is CCc1nncn1CCNC(=NC)NCCc1ccc(OC)c(OC)c1OC. The van der Waals surface area contributed by atoms with Crippen LogP contribution in [0.5, 0.6) is 17.2 Å². The van der Waals surface area contributed by atoms with Gasteiger partial charge in [0.25, 0.3) is 0 Å². The molecule has 0 saturated heterocycles. The maximum Gasteiger partial charge on any atom is 0.203 e. The minimum atomic E-state index is 0.602. The summed E-state index contributed by atoms with van der Waals surface area (Å²) in [6.45, 7) is 4.26. The van der Waals surface area contributed by atoms with Crippen molar-refractivity contribution in [2.75, 3.05) is 41.5 Å². The van der Waals surface area contributed by atoms with Crippen molar-refractivity contribution in [3.05, 3.63) is 29.8 Å². The highest BCUT2D eigenvalue weighted by atomic mass is 16.5. The standard InChI is InChI=1S/C19H30N6O3/c1-6-16-24-23-13-25(16)12-11-22-19(20-2)21-10-9-14-7-8-15(26-3)18(28-5)17(14)27-4/h7-8,13H,6,9-12H2,1-5H3,(H2,20,21,22). The quantitative estimate of drug-likeness (QED) is 0.466. The van der Waals surface area contributed by atoms with Crippen molar-refractivity contribution < 1.29 is 14.2 Å². The number of aryl methyl sites for hydroxylation is 1. The van der Waals surface area contributed by atoms with Crippen LogP contribution in [0.4, 0.5) is 0 Å². The van der Waals surface area contributed by atoms with E-state index in [-0.39, 0.29) is 0 Å². The van der Waals surface area contributed by atoms with Crippen molar-refractivity contribution in [1.82, 2.24) is 25.4 Å². The molecule has 0 aliphatic carbocycles. The molecular weight excluding hydrogens is 360 g/mol. The summed E-state index contributed by atoms with van der Waals surface area (Å²) in [7, 11) is 6.60. The molecule has 9 nitrogen and oxygen atoms in total. The lowest BCUT2D eigenvalue weighted by molar-refractivity contribution is 0.322. The number of benzene rings is 1. The van der Waals surface area contributed by atoms with Gasteiger partial charge in [0.15, 0.2) is 17.5 Å². The highest BCUT2D eigenvalue weighted by molar-refractivity contribution is 5.79. The van der Waals surface area contributed by atoms with Gasteiger partial charge in [-0.2, -0.15) is 0 Å². The topological polar surface area (TPSA) is 94.8 Å². The number of nitrogens with one attached hydrogen (secondary N) is 2. The number of nitrogens with zero attached hydrogens (tertiary/aromatic N) is 4. The fraction of sp³-hybridized carbons (Fsp3) is 0.526. The van der Waals surface area contributed by atoms with Crippen LogP contribution >= 0.6 is 0 Å². The molecule has 2 aromatic rings. The number of methoxy groups -OCH3 is 3. The van der Waals surface area contributed by atoms with Crippen LogP contribution in [0.25, 0.3) is 0 Å². The van der Waals surface area contributed by atoms with Crippen LogP contribution in [-0.4, -0.2) is 62.2 Å². The van der Waals surface area contributed by atoms with E-state index in [9.17, 15) is 0 Å². The molecule has 1 heterocycles. The second-order valence-corrected chi connectivity index (χ2v) is 5.96. The van der Waals surface area contributed by atoms with Gasteiger partial charge in [-0.15, -0.1) is 10.2 Å². The second kappa shape index (κ2) is 11.0. The third kappa shape index (κ3) is 5.28. The van der Waals surface area contributed by atoms with Crippen LogP contribution in [0.2, 0.25) is 0 Å². The van der Waals surface area contributed by atoms with Crippen LogP contribution in [0, 0.1) is 0 Å². The third-order valence-electron chi connectivity index (χ3n) is 4.35. The first-order valence-corrected chi connectivity index (χ1v) is 9.27. The summed E-state index contributed by atoms with van der Waals surface area (Å²) < 4.78 is 18.3. The highest BCUT2D eigenvalue weighted by Crippen LogP contribution is 2.39. The average Bonchev–Trinajstić information content (AvgIpc) is 3.19. The van der Waals surface area contributed by atoms with Crippen molar-refractivity contribution >= 4 is 5.96 Å². The summed E-state index contributed by atoms with van der Waals surface area (Å²) in [6.07, 6.45) is 3.36. The fourth-order valence-electron chi connectivity index (χ4n) is 2.93. The van der Waals surface area contributed by atoms with Gasteiger partial charge in [-0.1, -0.05) is 13.0 Å². The number of rotatable bonds is 10. The van der Waals surface area contributed by atoms with Crippen molar-refractivity contribution in [2.45, 2.75) is 26.3 Å². The molecule has 0 unspecified atom stereocenters. The Hall–Kier alpha value is -2.97. The first-order chi connectivity index (χ1) is 13.7. The molecule has 0 atom stereocenters. The molecule has 0 fully saturated rings. The van der Waals surface area contributed by atoms with Crippen LogP contribution in [-0.2, 0) is 19.4 Å². The summed E-state index contributed by atoms with van der Waals surface area (Å²) in [5.41, 5.74) is 1.03. The zero-order valence-corrected chi connectivity index (χ0v) is 17.3. The Bertz CT molecular complexity index is 775. The third-order valence-corrected chi connectivity index (χ3v) is 4.35. The first-order valence-electron chi connectivity index (χ1n) is 9.27. The predicted octanol–water partition coefficient (Wildman–Crippen LogP) is 1.27. The van der Waals surface area contributed by atoms with Crippen molar-refractivity contribution in [3.63, 3.8) is 0 Å². The maximum atomic E-state index is 5.53. The normalized spacial score (nSPS) is 11.2. The molecule has 2 N–H and O–H groups in total. The van der Waals surface area contributed by atoms with Crippen LogP contribution in [0.1, 0.15) is 18.3 Å². The molecule has 0 spiro atoms. The van der Waals surface area contributed by atoms with Gasteiger partial charge in [0, 0.05) is 38.7 Å². The number of hydrogen-bond donors (Lipinski definition) is 2. The molecule has 154 valence electrons. The van der Waals surface area contributed by atoms with E-state index in [4.69, 9.17) is 14.2 Å². The maximum absolute atomic E-state index is 5.53. The first kappa shape index (κ1) is 21.3. The molecule has 0 bridgehead atoms. The molecule has 9 heteroatoms. The number of ether oxygens (including phenoxy) is 3. The lowest BCUT2D eigenvalue weighted by Crippen LogP contribution is -2.39. The summed E-state index contributed by atoms with van der Waals surface area (Å²) in [5, 5.41) is 14.6. The van der Waals surface area contributed by atoms with Crippen LogP contribution in [0.3, 0.4) is 0 Å². The van der Waals surface area contributed by atoms with Gasteiger partial charge < -0.3 is 29.4 Å². The molecule has 0 saturated carbocycles. The van der Waals surface area contributed by atoms with Crippen molar-refractivity contribution in [1.29, 1.82) is 0 Å². The smallest absolute Gasteiger partial charge is 0.203 e. The minimum absolute atomic E-state index is 0.602. The molecule has 1 aromatic heterocycles. The summed E-state index contributed by atoms with van der Waals surface area (Å²) in [4.78, 5) is 4.26. The Morgan fingerprint density at radius 1 is 1.07 bits per heavy atom. The zero-order chi connectivity index (χ0) is 20.4. The van der Waals surface area contributed by atoms with E-state index >= 15 is 0 Å². The van der Waals surface area contributed by atoms with Gasteiger partial charge >= 0.3 is 0 Å². The molecule has 28 heavy (non-hydrogen) atoms. The van der Waals surface area contributed by atoms with E-state index in [0.717, 1.165) is 43.3 Å². The lowest BCUT2D eigenvalue weighted by Gasteiger charge is -2.17. The Morgan fingerprint density at radius 3 is 2.46 bits per heavy atom. The average molecular weight is 390 g/mol. The van der Waals surface area contributed by atoms with Crippen molar-refractivity contribution in [3.8, 4) is 17.2 Å². The van der Waals surface area contributed by atoms with Gasteiger partial charge in [-0.05, 0) is 12.5 Å². The summed E-state index contributed by atoms with van der Waals surface area (Å²) in [5.74, 6) is 3.65. The van der Waals surface area contributed by atoms with Gasteiger partial charge in [0.2, 0.25) is 5.75 Å². The van der Waals surface area contributed by atoms with Gasteiger partial charge in [0.05, 0.1) is 21.3 Å². The fourth-order valence-corrected chi connectivity index (χ4v) is 2.93. The van der Waals surface area contributed by atoms with E-state index in [2.05, 4.69) is 32.7 Å². The van der Waals surface area contributed by atoms with Crippen LogP contribution in [0.15, 0.2) is 23.5 Å². The molecule has 0 amide bonds. The Morgan fingerprint density at radius 2 is 1.82 bits per heavy atom. The zero-order valence-electron chi connectivity index (χ0n) is 17.3. The molecule has 0 aliphatic heterocycles. The van der Waals surface area contributed by atoms with E-state index in [1.807, 2.05) is 16.7 Å². The van der Waals surface area contributed by atoms with Gasteiger partial charge in [0.1, 0.15) is 12.2 Å². The van der Waals surface area contributed by atoms with Gasteiger partial charge in [-0.3, -0.25) is 4.99 Å². The van der Waals surface area contributed by atoms with E-state index < -0.39 is 0 Å². The van der Waals surface area contributed by atoms with Crippen LogP contribution < -0.4 is 24.8 Å². The monoisotopic (exact) mass is 390 g/mol. The van der Waals surface area contributed by atoms with E-state index in [0.29, 0.717) is 23.8 Å². The number of hydrogen-bond acceptors (Lipinski definition) is 6. The Labute approximate surface area is 166 Å². The lowest BCUT2D eigenvalue weighted by atomic mass is 10.1. The molecular formula is C19H30N6O3. The molecule has 0 aliphatic rings. The highest BCUT2D eigenvalue weighted by Gasteiger charge is 2.15. The Balaban J connectivity index is 1.87. The second-order valence-electron chi connectivity index (χ2n) is 5.96. The molecule has 1 aromatic carbocycles. The van der Waals surface area contributed by atoms with E-state index in [1.165, 1.54) is 0 Å². The summed E-state index contributed by atoms with van der Waals surface area (Å²) in [6, 6.07) is 3.87. The number of aliphatic imine (C=N–C) groups is 1.